The number of carboxylic acid groups (broad SMARTS) is 1. The second kappa shape index (κ2) is 6.74. The smallest absolute Gasteiger partial charge is 0.416 e. The van der Waals surface area contributed by atoms with Crippen LogP contribution in [-0.2, 0) is 6.42 Å². The number of rotatable bonds is 5. The number of amides is 1. The van der Waals surface area contributed by atoms with Crippen LogP contribution in [0.4, 0.5) is 21.9 Å². The van der Waals surface area contributed by atoms with Crippen molar-refractivity contribution >= 4 is 23.2 Å². The molecule has 10 heteroatoms. The molecule has 0 spiro atoms. The van der Waals surface area contributed by atoms with E-state index in [-0.39, 0.29) is 5.69 Å². The van der Waals surface area contributed by atoms with Crippen molar-refractivity contribution in [2.75, 3.05) is 4.90 Å². The van der Waals surface area contributed by atoms with Gasteiger partial charge in [-0.1, -0.05) is 17.3 Å². The molecule has 0 fully saturated rings. The second-order valence-electron chi connectivity index (χ2n) is 5.07. The third kappa shape index (κ3) is 3.58. The molecule has 0 bridgehead atoms. The van der Waals surface area contributed by atoms with Crippen LogP contribution in [0.1, 0.15) is 11.4 Å². The number of nitrogens with zero attached hydrogens (tertiary/aromatic N) is 5. The van der Waals surface area contributed by atoms with E-state index in [0.717, 1.165) is 10.5 Å². The number of carbonyl (C=O) groups is 1. The van der Waals surface area contributed by atoms with Crippen LogP contribution in [0, 0.1) is 10.1 Å². The number of nitrogens with one attached hydrogen (secondary N) is 1. The number of anilines is 2. The predicted molar refractivity (Wildman–Crippen MR) is 86.7 cm³/mol. The molecule has 0 saturated carbocycles. The minimum absolute atomic E-state index is 0.111. The molecule has 2 aromatic carbocycles. The number of nitro benzene ring substituents is 1. The minimum atomic E-state index is -1.20. The SMILES string of the molecule is O=C(O)N(c1ccc([N+](=O)[O-])cc1)c1cccc(Cc2nn[nH]n2)c1. The number of benzene rings is 2. The number of hydrogen-bond donors (Lipinski definition) is 2. The lowest BCUT2D eigenvalue weighted by molar-refractivity contribution is -0.384. The van der Waals surface area contributed by atoms with E-state index in [1.165, 1.54) is 24.3 Å². The third-order valence-electron chi connectivity index (χ3n) is 3.43. The molecule has 0 aliphatic heterocycles. The Kier molecular flexibility index (Phi) is 4.33. The van der Waals surface area contributed by atoms with Crippen molar-refractivity contribution in [3.8, 4) is 0 Å². The van der Waals surface area contributed by atoms with E-state index in [4.69, 9.17) is 0 Å². The van der Waals surface area contributed by atoms with Crippen molar-refractivity contribution in [2.24, 2.45) is 0 Å². The van der Waals surface area contributed by atoms with Gasteiger partial charge in [0.05, 0.1) is 16.3 Å². The summed E-state index contributed by atoms with van der Waals surface area (Å²) in [5, 5.41) is 33.9. The standard InChI is InChI=1S/C15H12N6O4/c22-15(23)20(11-4-6-12(7-5-11)21(24)25)13-3-1-2-10(8-13)9-14-16-18-19-17-14/h1-8H,9H2,(H,22,23)(H,16,17,18,19). The Bertz CT molecular complexity index is 895. The van der Waals surface area contributed by atoms with E-state index in [9.17, 15) is 20.0 Å². The lowest BCUT2D eigenvalue weighted by Crippen LogP contribution is -2.23. The summed E-state index contributed by atoms with van der Waals surface area (Å²) < 4.78 is 0. The van der Waals surface area contributed by atoms with Gasteiger partial charge in [-0.15, -0.1) is 10.2 Å². The van der Waals surface area contributed by atoms with Crippen LogP contribution >= 0.6 is 0 Å². The largest absolute Gasteiger partial charge is 0.464 e. The fourth-order valence-electron chi connectivity index (χ4n) is 2.34. The van der Waals surface area contributed by atoms with Gasteiger partial charge in [0.2, 0.25) is 0 Å². The number of tetrazole rings is 1. The summed E-state index contributed by atoms with van der Waals surface area (Å²) >= 11 is 0. The van der Waals surface area contributed by atoms with Crippen LogP contribution in [-0.4, -0.2) is 36.7 Å². The average Bonchev–Trinajstić information content (AvgIpc) is 3.08. The molecule has 1 aromatic heterocycles. The summed E-state index contributed by atoms with van der Waals surface area (Å²) in [4.78, 5) is 22.9. The lowest BCUT2D eigenvalue weighted by Gasteiger charge is -2.20. The van der Waals surface area contributed by atoms with Crippen molar-refractivity contribution in [1.29, 1.82) is 0 Å². The Morgan fingerprint density at radius 3 is 2.56 bits per heavy atom. The molecular formula is C15H12N6O4. The summed E-state index contributed by atoms with van der Waals surface area (Å²) in [6.45, 7) is 0. The van der Waals surface area contributed by atoms with Crippen molar-refractivity contribution in [3.63, 3.8) is 0 Å². The number of aromatic nitrogens is 4. The first-order valence-electron chi connectivity index (χ1n) is 7.13. The maximum Gasteiger partial charge on any atom is 0.416 e. The Morgan fingerprint density at radius 2 is 1.96 bits per heavy atom. The monoisotopic (exact) mass is 340 g/mol. The van der Waals surface area contributed by atoms with Gasteiger partial charge in [-0.2, -0.15) is 5.21 Å². The number of nitro groups is 1. The van der Waals surface area contributed by atoms with Gasteiger partial charge >= 0.3 is 6.09 Å². The van der Waals surface area contributed by atoms with Gasteiger partial charge in [0.1, 0.15) is 0 Å². The van der Waals surface area contributed by atoms with Gasteiger partial charge in [-0.05, 0) is 29.8 Å². The number of non-ortho nitro benzene ring substituents is 1. The van der Waals surface area contributed by atoms with Crippen LogP contribution in [0.25, 0.3) is 0 Å². The molecule has 0 aliphatic carbocycles. The Morgan fingerprint density at radius 1 is 1.20 bits per heavy atom. The highest BCUT2D eigenvalue weighted by molar-refractivity contribution is 5.94. The molecule has 25 heavy (non-hydrogen) atoms. The Labute approximate surface area is 140 Å². The quantitative estimate of drug-likeness (QED) is 0.537. The number of H-pyrrole nitrogens is 1. The zero-order chi connectivity index (χ0) is 17.8. The van der Waals surface area contributed by atoms with Gasteiger partial charge in [0.15, 0.2) is 5.82 Å². The van der Waals surface area contributed by atoms with Crippen LogP contribution in [0.15, 0.2) is 48.5 Å². The fraction of sp³-hybridized carbons (Fsp3) is 0.0667. The molecule has 0 atom stereocenters. The third-order valence-corrected chi connectivity index (χ3v) is 3.43. The molecule has 10 nitrogen and oxygen atoms in total. The molecule has 3 rings (SSSR count). The maximum absolute atomic E-state index is 11.7. The first-order valence-corrected chi connectivity index (χ1v) is 7.13. The number of hydrogen-bond acceptors (Lipinski definition) is 6. The first-order chi connectivity index (χ1) is 12.0. The summed E-state index contributed by atoms with van der Waals surface area (Å²) in [6.07, 6.45) is -0.816. The van der Waals surface area contributed by atoms with E-state index >= 15 is 0 Å². The van der Waals surface area contributed by atoms with Crippen molar-refractivity contribution in [2.45, 2.75) is 6.42 Å². The van der Waals surface area contributed by atoms with Gasteiger partial charge in [-0.25, -0.2) is 9.69 Å². The van der Waals surface area contributed by atoms with Crippen LogP contribution in [0.5, 0.6) is 0 Å². The molecule has 1 heterocycles. The lowest BCUT2D eigenvalue weighted by atomic mass is 10.1. The summed E-state index contributed by atoms with van der Waals surface area (Å²) in [6, 6.07) is 12.1. The molecule has 0 aliphatic rings. The highest BCUT2D eigenvalue weighted by Gasteiger charge is 2.18. The molecular weight excluding hydrogens is 328 g/mol. The van der Waals surface area contributed by atoms with Gasteiger partial charge < -0.3 is 5.11 Å². The highest BCUT2D eigenvalue weighted by Crippen LogP contribution is 2.28. The van der Waals surface area contributed by atoms with E-state index in [1.54, 1.807) is 18.2 Å². The molecule has 0 saturated heterocycles. The number of aromatic amines is 1. The zero-order valence-electron chi connectivity index (χ0n) is 12.7. The second-order valence-corrected chi connectivity index (χ2v) is 5.07. The highest BCUT2D eigenvalue weighted by atomic mass is 16.6. The van der Waals surface area contributed by atoms with E-state index < -0.39 is 11.0 Å². The van der Waals surface area contributed by atoms with Crippen LogP contribution < -0.4 is 4.90 Å². The maximum atomic E-state index is 11.7. The fourth-order valence-corrected chi connectivity index (χ4v) is 2.34. The minimum Gasteiger partial charge on any atom is -0.464 e. The van der Waals surface area contributed by atoms with Crippen molar-refractivity contribution < 1.29 is 14.8 Å². The first kappa shape index (κ1) is 16.1. The summed E-state index contributed by atoms with van der Waals surface area (Å²) in [7, 11) is 0. The Hall–Kier alpha value is -3.82. The molecule has 1 amide bonds. The van der Waals surface area contributed by atoms with Gasteiger partial charge in [-0.3, -0.25) is 10.1 Å². The van der Waals surface area contributed by atoms with Crippen molar-refractivity contribution in [1.82, 2.24) is 20.6 Å². The van der Waals surface area contributed by atoms with Crippen molar-refractivity contribution in [3.05, 3.63) is 70.0 Å². The van der Waals surface area contributed by atoms with E-state index in [1.807, 2.05) is 6.07 Å². The predicted octanol–water partition coefficient (Wildman–Crippen LogP) is 2.51. The molecule has 0 unspecified atom stereocenters. The molecule has 0 radical (unpaired) electrons. The zero-order valence-corrected chi connectivity index (χ0v) is 12.7. The van der Waals surface area contributed by atoms with Gasteiger partial charge in [0, 0.05) is 18.6 Å². The topological polar surface area (TPSA) is 138 Å². The normalized spacial score (nSPS) is 10.4. The molecule has 126 valence electrons. The van der Waals surface area contributed by atoms with Gasteiger partial charge in [0.25, 0.3) is 5.69 Å². The molecule has 3 aromatic rings. The summed E-state index contributed by atoms with van der Waals surface area (Å²) in [5.74, 6) is 0.481. The summed E-state index contributed by atoms with van der Waals surface area (Å²) in [5.41, 5.74) is 1.39. The van der Waals surface area contributed by atoms with Crippen LogP contribution in [0.3, 0.4) is 0 Å². The molecule has 2 N–H and O–H groups in total. The van der Waals surface area contributed by atoms with E-state index in [0.29, 0.717) is 23.6 Å². The Balaban J connectivity index is 1.92. The van der Waals surface area contributed by atoms with E-state index in [2.05, 4.69) is 20.6 Å². The average molecular weight is 340 g/mol. The van der Waals surface area contributed by atoms with Crippen LogP contribution in [0.2, 0.25) is 0 Å².